The van der Waals surface area contributed by atoms with Crippen LogP contribution in [0.5, 0.6) is 17.2 Å². The lowest BCUT2D eigenvalue weighted by Gasteiger charge is -2.15. The summed E-state index contributed by atoms with van der Waals surface area (Å²) in [5.74, 6) is 1.24. The Balaban J connectivity index is 2.27. The van der Waals surface area contributed by atoms with Crippen molar-refractivity contribution < 1.29 is 14.6 Å². The minimum Gasteiger partial charge on any atom is -0.508 e. The first kappa shape index (κ1) is 15.6. The molecule has 0 aliphatic rings. The number of benzene rings is 2. The highest BCUT2D eigenvalue weighted by Crippen LogP contribution is 2.36. The van der Waals surface area contributed by atoms with Crippen LogP contribution in [-0.4, -0.2) is 19.3 Å². The summed E-state index contributed by atoms with van der Waals surface area (Å²) in [5, 5.41) is 13.9. The molecule has 2 N–H and O–H groups in total. The molecule has 112 valence electrons. The van der Waals surface area contributed by atoms with Gasteiger partial charge in [-0.3, -0.25) is 0 Å². The summed E-state index contributed by atoms with van der Waals surface area (Å²) in [4.78, 5) is 0. The van der Waals surface area contributed by atoms with E-state index in [1.165, 1.54) is 7.11 Å². The number of aromatic hydroxyl groups is 1. The molecule has 0 aliphatic heterocycles. The van der Waals surface area contributed by atoms with Gasteiger partial charge in [-0.15, -0.1) is 0 Å². The molecular formula is C15H15Cl2NO3. The van der Waals surface area contributed by atoms with Crippen molar-refractivity contribution in [2.75, 3.05) is 19.5 Å². The van der Waals surface area contributed by atoms with E-state index in [4.69, 9.17) is 32.7 Å². The standard InChI is InChI=1S/C15H15Cl2NO3/c1-20-14-7-12(15(21-2)6-11(14)17)18-8-9-10(16)4-3-5-13(9)19/h3-7,18-19H,8H2,1-2H3. The first-order valence-corrected chi connectivity index (χ1v) is 6.94. The van der Waals surface area contributed by atoms with Crippen molar-refractivity contribution in [3.63, 3.8) is 0 Å². The molecule has 0 aromatic heterocycles. The second-order valence-corrected chi connectivity index (χ2v) is 5.09. The maximum atomic E-state index is 9.84. The molecule has 0 heterocycles. The Bertz CT molecular complexity index is 627. The van der Waals surface area contributed by atoms with Gasteiger partial charge in [-0.05, 0) is 12.1 Å². The van der Waals surface area contributed by atoms with Crippen molar-refractivity contribution >= 4 is 28.9 Å². The lowest BCUT2D eigenvalue weighted by atomic mass is 10.2. The van der Waals surface area contributed by atoms with Gasteiger partial charge < -0.3 is 19.9 Å². The highest BCUT2D eigenvalue weighted by molar-refractivity contribution is 6.32. The largest absolute Gasteiger partial charge is 0.508 e. The predicted octanol–water partition coefficient (Wildman–Crippen LogP) is 4.33. The van der Waals surface area contributed by atoms with Crippen LogP contribution in [-0.2, 0) is 6.54 Å². The average Bonchev–Trinajstić information content (AvgIpc) is 2.47. The van der Waals surface area contributed by atoms with Crippen molar-refractivity contribution in [1.82, 2.24) is 0 Å². The van der Waals surface area contributed by atoms with E-state index in [0.29, 0.717) is 39.3 Å². The van der Waals surface area contributed by atoms with Crippen molar-refractivity contribution in [2.24, 2.45) is 0 Å². The number of anilines is 1. The number of nitrogens with one attached hydrogen (secondary N) is 1. The van der Waals surface area contributed by atoms with Crippen LogP contribution in [0.15, 0.2) is 30.3 Å². The number of hydrogen-bond donors (Lipinski definition) is 2. The number of halogens is 2. The number of rotatable bonds is 5. The van der Waals surface area contributed by atoms with Crippen LogP contribution in [0.3, 0.4) is 0 Å². The highest BCUT2D eigenvalue weighted by Gasteiger charge is 2.11. The van der Waals surface area contributed by atoms with Gasteiger partial charge in [0.15, 0.2) is 0 Å². The number of phenolic OH excluding ortho intramolecular Hbond substituents is 1. The molecule has 0 unspecified atom stereocenters. The average molecular weight is 328 g/mol. The summed E-state index contributed by atoms with van der Waals surface area (Å²) in [7, 11) is 3.09. The zero-order valence-electron chi connectivity index (χ0n) is 11.6. The molecule has 0 aliphatic carbocycles. The fourth-order valence-corrected chi connectivity index (χ4v) is 2.37. The molecule has 0 atom stereocenters. The Morgan fingerprint density at radius 1 is 1.05 bits per heavy atom. The van der Waals surface area contributed by atoms with Crippen LogP contribution < -0.4 is 14.8 Å². The normalized spacial score (nSPS) is 10.3. The molecule has 2 rings (SSSR count). The fraction of sp³-hybridized carbons (Fsp3) is 0.200. The second-order valence-electron chi connectivity index (χ2n) is 4.28. The third-order valence-electron chi connectivity index (χ3n) is 3.02. The Morgan fingerprint density at radius 3 is 2.38 bits per heavy atom. The fourth-order valence-electron chi connectivity index (χ4n) is 1.90. The molecule has 2 aromatic rings. The Kier molecular flexibility index (Phi) is 5.04. The molecule has 0 bridgehead atoms. The van der Waals surface area contributed by atoms with Crippen LogP contribution in [0.2, 0.25) is 10.0 Å². The van der Waals surface area contributed by atoms with Crippen LogP contribution in [0.4, 0.5) is 5.69 Å². The number of phenols is 1. The molecule has 4 nitrogen and oxygen atoms in total. The van der Waals surface area contributed by atoms with Gasteiger partial charge in [0.1, 0.15) is 17.2 Å². The maximum absolute atomic E-state index is 9.84. The van der Waals surface area contributed by atoms with E-state index in [1.807, 2.05) is 0 Å². The van der Waals surface area contributed by atoms with Crippen LogP contribution in [0.25, 0.3) is 0 Å². The summed E-state index contributed by atoms with van der Waals surface area (Å²) in [6.45, 7) is 0.340. The maximum Gasteiger partial charge on any atom is 0.143 e. The highest BCUT2D eigenvalue weighted by atomic mass is 35.5. The van der Waals surface area contributed by atoms with Gasteiger partial charge in [0.25, 0.3) is 0 Å². The van der Waals surface area contributed by atoms with Crippen molar-refractivity contribution in [2.45, 2.75) is 6.54 Å². The third kappa shape index (κ3) is 3.46. The summed E-state index contributed by atoms with van der Waals surface area (Å²) in [6.07, 6.45) is 0. The van der Waals surface area contributed by atoms with Gasteiger partial charge in [-0.2, -0.15) is 0 Å². The Labute approximate surface area is 133 Å². The van der Waals surface area contributed by atoms with Gasteiger partial charge in [0.2, 0.25) is 0 Å². The van der Waals surface area contributed by atoms with Crippen molar-refractivity contribution in [3.05, 3.63) is 45.9 Å². The van der Waals surface area contributed by atoms with Gasteiger partial charge in [0, 0.05) is 29.3 Å². The molecule has 21 heavy (non-hydrogen) atoms. The van der Waals surface area contributed by atoms with E-state index in [2.05, 4.69) is 5.32 Å². The zero-order chi connectivity index (χ0) is 15.4. The lowest BCUT2D eigenvalue weighted by molar-refractivity contribution is 0.404. The van der Waals surface area contributed by atoms with Crippen molar-refractivity contribution in [1.29, 1.82) is 0 Å². The van der Waals surface area contributed by atoms with Crippen LogP contribution in [0, 0.1) is 0 Å². The molecule has 0 spiro atoms. The topological polar surface area (TPSA) is 50.7 Å². The SMILES string of the molecule is COc1cc(NCc2c(O)cccc2Cl)c(OC)cc1Cl. The minimum absolute atomic E-state index is 0.134. The molecule has 0 saturated heterocycles. The molecule has 0 saturated carbocycles. The van der Waals surface area contributed by atoms with Gasteiger partial charge >= 0.3 is 0 Å². The second kappa shape index (κ2) is 6.78. The van der Waals surface area contributed by atoms with Gasteiger partial charge in [-0.1, -0.05) is 29.3 Å². The number of hydrogen-bond acceptors (Lipinski definition) is 4. The summed E-state index contributed by atoms with van der Waals surface area (Å²) < 4.78 is 10.5. The van der Waals surface area contributed by atoms with E-state index in [1.54, 1.807) is 37.4 Å². The molecule has 0 radical (unpaired) electrons. The monoisotopic (exact) mass is 327 g/mol. The molecular weight excluding hydrogens is 313 g/mol. The van der Waals surface area contributed by atoms with Crippen LogP contribution >= 0.6 is 23.2 Å². The molecule has 0 amide bonds. The van der Waals surface area contributed by atoms with E-state index in [-0.39, 0.29) is 5.75 Å². The smallest absolute Gasteiger partial charge is 0.143 e. The third-order valence-corrected chi connectivity index (χ3v) is 3.67. The Hall–Kier alpha value is -1.78. The quantitative estimate of drug-likeness (QED) is 0.858. The molecule has 2 aromatic carbocycles. The minimum atomic E-state index is 0.134. The lowest BCUT2D eigenvalue weighted by Crippen LogP contribution is -2.03. The van der Waals surface area contributed by atoms with E-state index in [9.17, 15) is 5.11 Å². The van der Waals surface area contributed by atoms with E-state index in [0.717, 1.165) is 0 Å². The summed E-state index contributed by atoms with van der Waals surface area (Å²) in [6, 6.07) is 8.39. The first-order valence-electron chi connectivity index (χ1n) is 6.18. The van der Waals surface area contributed by atoms with Crippen molar-refractivity contribution in [3.8, 4) is 17.2 Å². The molecule has 0 fully saturated rings. The van der Waals surface area contributed by atoms with Crippen LogP contribution in [0.1, 0.15) is 5.56 Å². The summed E-state index contributed by atoms with van der Waals surface area (Å²) >= 11 is 12.1. The predicted molar refractivity (Wildman–Crippen MR) is 85.0 cm³/mol. The summed E-state index contributed by atoms with van der Waals surface area (Å²) in [5.41, 5.74) is 1.30. The number of ether oxygens (including phenoxy) is 2. The van der Waals surface area contributed by atoms with Gasteiger partial charge in [0.05, 0.1) is 24.9 Å². The van der Waals surface area contributed by atoms with E-state index >= 15 is 0 Å². The van der Waals surface area contributed by atoms with E-state index < -0.39 is 0 Å². The number of methoxy groups -OCH3 is 2. The molecule has 6 heteroatoms. The zero-order valence-corrected chi connectivity index (χ0v) is 13.1. The van der Waals surface area contributed by atoms with Gasteiger partial charge in [-0.25, -0.2) is 0 Å². The Morgan fingerprint density at radius 2 is 1.76 bits per heavy atom. The first-order chi connectivity index (χ1) is 10.1.